The van der Waals surface area contributed by atoms with Crippen molar-refractivity contribution in [1.29, 1.82) is 0 Å². The second-order valence-corrected chi connectivity index (χ2v) is 5.31. The van der Waals surface area contributed by atoms with E-state index in [4.69, 9.17) is 5.11 Å². The normalized spacial score (nSPS) is 17.2. The first-order chi connectivity index (χ1) is 9.65. The molecule has 1 aromatic heterocycles. The number of carboxylic acids is 1. The molecule has 0 aromatic carbocycles. The molecular weight excluding hydrogens is 258 g/mol. The van der Waals surface area contributed by atoms with Crippen LogP contribution < -0.4 is 5.32 Å². The Bertz CT molecular complexity index is 462. The minimum absolute atomic E-state index is 0.0382. The highest BCUT2D eigenvalue weighted by molar-refractivity contribution is 5.85. The minimum Gasteiger partial charge on any atom is -0.476 e. The van der Waals surface area contributed by atoms with E-state index in [1.807, 2.05) is 0 Å². The molecule has 0 radical (unpaired) electrons. The van der Waals surface area contributed by atoms with E-state index in [9.17, 15) is 9.59 Å². The summed E-state index contributed by atoms with van der Waals surface area (Å²) in [7, 11) is 0. The van der Waals surface area contributed by atoms with Crippen LogP contribution in [0.5, 0.6) is 0 Å². The van der Waals surface area contributed by atoms with Gasteiger partial charge in [-0.15, -0.1) is 0 Å². The third-order valence-corrected chi connectivity index (χ3v) is 3.64. The number of carbonyl (C=O) groups is 2. The molecule has 2 rings (SSSR count). The lowest BCUT2D eigenvalue weighted by molar-refractivity contribution is -0.122. The molecule has 1 aliphatic carbocycles. The molecule has 6 heteroatoms. The summed E-state index contributed by atoms with van der Waals surface area (Å²) < 4.78 is 1.36. The summed E-state index contributed by atoms with van der Waals surface area (Å²) in [4.78, 5) is 22.6. The molecule has 0 spiro atoms. The molecule has 0 unspecified atom stereocenters. The van der Waals surface area contributed by atoms with Crippen LogP contribution in [-0.2, 0) is 11.3 Å². The van der Waals surface area contributed by atoms with Crippen LogP contribution in [0.4, 0.5) is 0 Å². The van der Waals surface area contributed by atoms with Gasteiger partial charge in [-0.2, -0.15) is 5.10 Å². The molecule has 1 aliphatic rings. The Morgan fingerprint density at radius 2 is 1.90 bits per heavy atom. The minimum atomic E-state index is -1.08. The summed E-state index contributed by atoms with van der Waals surface area (Å²) in [6.45, 7) is 0.0732. The third kappa shape index (κ3) is 4.36. The monoisotopic (exact) mass is 279 g/mol. The first-order valence-electron chi connectivity index (χ1n) is 7.21. The first-order valence-corrected chi connectivity index (χ1v) is 7.21. The highest BCUT2D eigenvalue weighted by Gasteiger charge is 2.15. The molecule has 0 bridgehead atoms. The van der Waals surface area contributed by atoms with Crippen molar-refractivity contribution in [2.24, 2.45) is 0 Å². The molecule has 0 aliphatic heterocycles. The average molecular weight is 279 g/mol. The standard InChI is InChI=1S/C14H21N3O3/c18-13(10-17-9-8-12(16-17)14(19)20)15-11-6-4-2-1-3-5-7-11/h8-9,11H,1-7,10H2,(H,15,18)(H,19,20). The number of rotatable bonds is 4. The zero-order valence-corrected chi connectivity index (χ0v) is 11.5. The molecule has 1 amide bonds. The van der Waals surface area contributed by atoms with Gasteiger partial charge < -0.3 is 10.4 Å². The van der Waals surface area contributed by atoms with Gasteiger partial charge in [0.05, 0.1) is 0 Å². The summed E-state index contributed by atoms with van der Waals surface area (Å²) in [6.07, 6.45) is 9.69. The Balaban J connectivity index is 1.82. The van der Waals surface area contributed by atoms with Gasteiger partial charge in [0.2, 0.25) is 5.91 Å². The number of carbonyl (C=O) groups excluding carboxylic acids is 1. The first kappa shape index (κ1) is 14.6. The quantitative estimate of drug-likeness (QED) is 0.880. The lowest BCUT2D eigenvalue weighted by atomic mass is 9.97. The third-order valence-electron chi connectivity index (χ3n) is 3.64. The number of carboxylic acid groups (broad SMARTS) is 1. The van der Waals surface area contributed by atoms with Crippen molar-refractivity contribution in [3.05, 3.63) is 18.0 Å². The predicted octanol–water partition coefficient (Wildman–Crippen LogP) is 1.81. The van der Waals surface area contributed by atoms with Gasteiger partial charge >= 0.3 is 5.97 Å². The number of aromatic nitrogens is 2. The van der Waals surface area contributed by atoms with E-state index >= 15 is 0 Å². The fourth-order valence-corrected chi connectivity index (χ4v) is 2.58. The van der Waals surface area contributed by atoms with Gasteiger partial charge in [0.1, 0.15) is 6.54 Å². The van der Waals surface area contributed by atoms with E-state index in [0.717, 1.165) is 25.7 Å². The van der Waals surface area contributed by atoms with Gasteiger partial charge in [-0.05, 0) is 18.9 Å². The van der Waals surface area contributed by atoms with Crippen LogP contribution in [0.1, 0.15) is 55.4 Å². The van der Waals surface area contributed by atoms with E-state index in [-0.39, 0.29) is 24.2 Å². The Morgan fingerprint density at radius 3 is 2.50 bits per heavy atom. The Morgan fingerprint density at radius 1 is 1.25 bits per heavy atom. The summed E-state index contributed by atoms with van der Waals surface area (Å²) in [6, 6.07) is 1.64. The zero-order chi connectivity index (χ0) is 14.4. The number of nitrogens with one attached hydrogen (secondary N) is 1. The van der Waals surface area contributed by atoms with Crippen LogP contribution in [0.2, 0.25) is 0 Å². The van der Waals surface area contributed by atoms with Crippen molar-refractivity contribution in [2.75, 3.05) is 0 Å². The molecule has 2 N–H and O–H groups in total. The van der Waals surface area contributed by atoms with Crippen LogP contribution >= 0.6 is 0 Å². The number of aromatic carboxylic acids is 1. The number of hydrogen-bond acceptors (Lipinski definition) is 3. The maximum Gasteiger partial charge on any atom is 0.356 e. The molecule has 110 valence electrons. The summed E-state index contributed by atoms with van der Waals surface area (Å²) >= 11 is 0. The van der Waals surface area contributed by atoms with Gasteiger partial charge in [0.15, 0.2) is 5.69 Å². The van der Waals surface area contributed by atoms with Crippen molar-refractivity contribution < 1.29 is 14.7 Å². The summed E-state index contributed by atoms with van der Waals surface area (Å²) in [5.74, 6) is -1.18. The maximum absolute atomic E-state index is 11.9. The van der Waals surface area contributed by atoms with Gasteiger partial charge in [-0.3, -0.25) is 9.48 Å². The van der Waals surface area contributed by atoms with Crippen LogP contribution in [0.3, 0.4) is 0 Å². The predicted molar refractivity (Wildman–Crippen MR) is 73.4 cm³/mol. The van der Waals surface area contributed by atoms with E-state index in [2.05, 4.69) is 10.4 Å². The molecule has 6 nitrogen and oxygen atoms in total. The van der Waals surface area contributed by atoms with E-state index in [1.54, 1.807) is 0 Å². The number of nitrogens with zero attached hydrogens (tertiary/aromatic N) is 2. The fourth-order valence-electron chi connectivity index (χ4n) is 2.58. The van der Waals surface area contributed by atoms with Gasteiger partial charge in [0.25, 0.3) is 0 Å². The van der Waals surface area contributed by atoms with Crippen molar-refractivity contribution in [1.82, 2.24) is 15.1 Å². The molecule has 20 heavy (non-hydrogen) atoms. The fraction of sp³-hybridized carbons (Fsp3) is 0.643. The smallest absolute Gasteiger partial charge is 0.356 e. The molecule has 0 atom stereocenters. The molecule has 1 fully saturated rings. The lowest BCUT2D eigenvalue weighted by Crippen LogP contribution is -2.37. The highest BCUT2D eigenvalue weighted by atomic mass is 16.4. The Kier molecular flexibility index (Phi) is 5.15. The van der Waals surface area contributed by atoms with E-state index in [0.29, 0.717) is 0 Å². The summed E-state index contributed by atoms with van der Waals surface area (Å²) in [5.41, 5.74) is -0.0382. The maximum atomic E-state index is 11.9. The molecular formula is C14H21N3O3. The molecule has 1 heterocycles. The average Bonchev–Trinajstić information content (AvgIpc) is 2.81. The Labute approximate surface area is 118 Å². The highest BCUT2D eigenvalue weighted by Crippen LogP contribution is 2.17. The van der Waals surface area contributed by atoms with Gasteiger partial charge in [-0.1, -0.05) is 32.1 Å². The van der Waals surface area contributed by atoms with Crippen LogP contribution in [0.25, 0.3) is 0 Å². The van der Waals surface area contributed by atoms with Gasteiger partial charge in [0, 0.05) is 12.2 Å². The van der Waals surface area contributed by atoms with E-state index < -0.39 is 5.97 Å². The topological polar surface area (TPSA) is 84.2 Å². The Hall–Kier alpha value is -1.85. The van der Waals surface area contributed by atoms with Crippen LogP contribution in [-0.4, -0.2) is 32.8 Å². The largest absolute Gasteiger partial charge is 0.476 e. The SMILES string of the molecule is O=C(Cn1ccc(C(=O)O)n1)NC1CCCCCCC1. The zero-order valence-electron chi connectivity index (χ0n) is 11.5. The van der Waals surface area contributed by atoms with Crippen molar-refractivity contribution in [3.8, 4) is 0 Å². The second-order valence-electron chi connectivity index (χ2n) is 5.31. The second kappa shape index (κ2) is 7.07. The van der Waals surface area contributed by atoms with Crippen LogP contribution in [0, 0.1) is 0 Å². The van der Waals surface area contributed by atoms with Gasteiger partial charge in [-0.25, -0.2) is 4.79 Å². The van der Waals surface area contributed by atoms with Crippen molar-refractivity contribution in [3.63, 3.8) is 0 Å². The van der Waals surface area contributed by atoms with Crippen LogP contribution in [0.15, 0.2) is 12.3 Å². The molecule has 0 saturated heterocycles. The lowest BCUT2D eigenvalue weighted by Gasteiger charge is -2.21. The summed E-state index contributed by atoms with van der Waals surface area (Å²) in [5, 5.41) is 15.6. The number of amides is 1. The molecule has 1 saturated carbocycles. The number of hydrogen-bond donors (Lipinski definition) is 2. The van der Waals surface area contributed by atoms with Crippen molar-refractivity contribution >= 4 is 11.9 Å². The molecule has 1 aromatic rings. The van der Waals surface area contributed by atoms with E-state index in [1.165, 1.54) is 36.2 Å². The van der Waals surface area contributed by atoms with Crippen molar-refractivity contribution in [2.45, 2.75) is 57.5 Å².